The van der Waals surface area contributed by atoms with Crippen molar-refractivity contribution in [1.82, 2.24) is 5.32 Å². The molecule has 1 heterocycles. The zero-order valence-corrected chi connectivity index (χ0v) is 16.8. The molecule has 1 saturated heterocycles. The molecule has 2 aromatic rings. The highest BCUT2D eigenvalue weighted by Crippen LogP contribution is 2.25. The fourth-order valence-electron chi connectivity index (χ4n) is 3.54. The molecule has 1 aliphatic heterocycles. The van der Waals surface area contributed by atoms with E-state index in [0.717, 1.165) is 36.4 Å². The topological polar surface area (TPSA) is 58.6 Å². The zero-order valence-electron chi connectivity index (χ0n) is 16.8. The van der Waals surface area contributed by atoms with Crippen LogP contribution in [0.1, 0.15) is 55.1 Å². The van der Waals surface area contributed by atoms with E-state index >= 15 is 0 Å². The van der Waals surface area contributed by atoms with Crippen molar-refractivity contribution >= 4 is 17.5 Å². The lowest BCUT2D eigenvalue weighted by Crippen LogP contribution is -2.29. The first-order valence-electron chi connectivity index (χ1n) is 9.83. The molecule has 0 aliphatic carbocycles. The number of carbonyl (C=O) groups excluding carboxylic acids is 2. The summed E-state index contributed by atoms with van der Waals surface area (Å²) in [5.74, 6) is 1.27. The molecular formula is C23H28N2O3. The van der Waals surface area contributed by atoms with Crippen molar-refractivity contribution in [2.45, 2.75) is 39.2 Å². The third kappa shape index (κ3) is 4.71. The third-order valence-corrected chi connectivity index (χ3v) is 5.05. The van der Waals surface area contributed by atoms with Gasteiger partial charge in [0.05, 0.1) is 13.2 Å². The second-order valence-electron chi connectivity index (χ2n) is 7.62. The van der Waals surface area contributed by atoms with Crippen LogP contribution < -0.4 is 15.0 Å². The molecule has 5 heteroatoms. The molecular weight excluding hydrogens is 352 g/mol. The van der Waals surface area contributed by atoms with Crippen molar-refractivity contribution in [3.05, 3.63) is 59.7 Å². The molecule has 0 unspecified atom stereocenters. The summed E-state index contributed by atoms with van der Waals surface area (Å²) >= 11 is 0. The number of ether oxygens (including phenoxy) is 1. The number of hydrogen-bond acceptors (Lipinski definition) is 3. The fourth-order valence-corrected chi connectivity index (χ4v) is 3.54. The number of amides is 2. The Hall–Kier alpha value is -2.82. The Bertz CT molecular complexity index is 813. The van der Waals surface area contributed by atoms with Crippen molar-refractivity contribution in [1.29, 1.82) is 0 Å². The molecule has 1 aliphatic rings. The van der Waals surface area contributed by atoms with Gasteiger partial charge in [0.15, 0.2) is 0 Å². The van der Waals surface area contributed by atoms with Gasteiger partial charge in [-0.2, -0.15) is 0 Å². The van der Waals surface area contributed by atoms with Gasteiger partial charge in [-0.25, -0.2) is 0 Å². The van der Waals surface area contributed by atoms with Crippen LogP contribution in [-0.4, -0.2) is 25.5 Å². The van der Waals surface area contributed by atoms with E-state index < -0.39 is 0 Å². The van der Waals surface area contributed by atoms with Gasteiger partial charge in [-0.3, -0.25) is 9.59 Å². The SMILES string of the molecule is COc1ccc([C@H](CC(C)C)NC(=O)c2ccc(N3CCCC3=O)cc2)cc1. The lowest BCUT2D eigenvalue weighted by molar-refractivity contribution is -0.117. The Balaban J connectivity index is 1.72. The minimum absolute atomic E-state index is 0.0711. The van der Waals surface area contributed by atoms with Crippen molar-refractivity contribution in [3.8, 4) is 5.75 Å². The highest BCUT2D eigenvalue weighted by atomic mass is 16.5. The number of benzene rings is 2. The summed E-state index contributed by atoms with van der Waals surface area (Å²) in [6, 6.07) is 15.0. The minimum atomic E-state index is -0.110. The van der Waals surface area contributed by atoms with Gasteiger partial charge in [-0.05, 0) is 60.7 Å². The van der Waals surface area contributed by atoms with Crippen LogP contribution in [0.25, 0.3) is 0 Å². The van der Waals surface area contributed by atoms with E-state index in [0.29, 0.717) is 17.9 Å². The van der Waals surface area contributed by atoms with Gasteiger partial charge >= 0.3 is 0 Å². The van der Waals surface area contributed by atoms with Crippen molar-refractivity contribution in [2.75, 3.05) is 18.6 Å². The highest BCUT2D eigenvalue weighted by Gasteiger charge is 2.22. The molecule has 5 nitrogen and oxygen atoms in total. The minimum Gasteiger partial charge on any atom is -0.497 e. The van der Waals surface area contributed by atoms with Gasteiger partial charge in [0.2, 0.25) is 5.91 Å². The van der Waals surface area contributed by atoms with E-state index in [2.05, 4.69) is 19.2 Å². The summed E-state index contributed by atoms with van der Waals surface area (Å²) in [5.41, 5.74) is 2.51. The molecule has 2 amide bonds. The number of nitrogens with zero attached hydrogens (tertiary/aromatic N) is 1. The van der Waals surface area contributed by atoms with Crippen molar-refractivity contribution in [3.63, 3.8) is 0 Å². The van der Waals surface area contributed by atoms with Crippen LogP contribution in [0, 0.1) is 5.92 Å². The lowest BCUT2D eigenvalue weighted by Gasteiger charge is -2.22. The Morgan fingerprint density at radius 2 is 1.79 bits per heavy atom. The summed E-state index contributed by atoms with van der Waals surface area (Å²) in [5, 5.41) is 3.16. The average molecular weight is 380 g/mol. The predicted molar refractivity (Wildman–Crippen MR) is 111 cm³/mol. The summed E-state index contributed by atoms with van der Waals surface area (Å²) < 4.78 is 5.23. The summed E-state index contributed by atoms with van der Waals surface area (Å²) in [4.78, 5) is 26.5. The second-order valence-corrected chi connectivity index (χ2v) is 7.62. The Morgan fingerprint density at radius 1 is 1.11 bits per heavy atom. The van der Waals surface area contributed by atoms with E-state index in [4.69, 9.17) is 4.74 Å². The number of carbonyl (C=O) groups is 2. The van der Waals surface area contributed by atoms with Gasteiger partial charge in [-0.1, -0.05) is 26.0 Å². The van der Waals surface area contributed by atoms with Crippen LogP contribution in [0.15, 0.2) is 48.5 Å². The molecule has 1 atom stereocenters. The monoisotopic (exact) mass is 380 g/mol. The molecule has 1 N–H and O–H groups in total. The third-order valence-electron chi connectivity index (χ3n) is 5.05. The number of hydrogen-bond donors (Lipinski definition) is 1. The number of anilines is 1. The van der Waals surface area contributed by atoms with Gasteiger partial charge in [-0.15, -0.1) is 0 Å². The Kier molecular flexibility index (Phi) is 6.34. The second kappa shape index (κ2) is 8.91. The molecule has 148 valence electrons. The van der Waals surface area contributed by atoms with E-state index in [1.165, 1.54) is 0 Å². The van der Waals surface area contributed by atoms with Crippen LogP contribution in [0.2, 0.25) is 0 Å². The van der Waals surface area contributed by atoms with Gasteiger partial charge < -0.3 is 15.0 Å². The lowest BCUT2D eigenvalue weighted by atomic mass is 9.96. The summed E-state index contributed by atoms with van der Waals surface area (Å²) in [6.07, 6.45) is 2.33. The smallest absolute Gasteiger partial charge is 0.251 e. The largest absolute Gasteiger partial charge is 0.497 e. The average Bonchev–Trinajstić information content (AvgIpc) is 3.13. The predicted octanol–water partition coefficient (Wildman–Crippen LogP) is 4.34. The van der Waals surface area contributed by atoms with Crippen LogP contribution in [0.3, 0.4) is 0 Å². The summed E-state index contributed by atoms with van der Waals surface area (Å²) in [6.45, 7) is 5.04. The van der Waals surface area contributed by atoms with Crippen LogP contribution >= 0.6 is 0 Å². The number of rotatable bonds is 7. The van der Waals surface area contributed by atoms with E-state index in [9.17, 15) is 9.59 Å². The summed E-state index contributed by atoms with van der Waals surface area (Å²) in [7, 11) is 1.64. The van der Waals surface area contributed by atoms with E-state index in [1.807, 2.05) is 36.4 Å². The van der Waals surface area contributed by atoms with Crippen LogP contribution in [0.5, 0.6) is 5.75 Å². The standard InChI is InChI=1S/C23H28N2O3/c1-16(2)15-21(17-8-12-20(28-3)13-9-17)24-23(27)18-6-10-19(11-7-18)25-14-4-5-22(25)26/h6-13,16,21H,4-5,14-15H2,1-3H3,(H,24,27)/t21-/m0/s1. The number of methoxy groups -OCH3 is 1. The van der Waals surface area contributed by atoms with Gasteiger partial charge in [0, 0.05) is 24.2 Å². The first-order valence-corrected chi connectivity index (χ1v) is 9.83. The molecule has 0 aromatic heterocycles. The van der Waals surface area contributed by atoms with E-state index in [1.54, 1.807) is 24.1 Å². The maximum atomic E-state index is 12.8. The van der Waals surface area contributed by atoms with Crippen molar-refractivity contribution < 1.29 is 14.3 Å². The Morgan fingerprint density at radius 3 is 2.32 bits per heavy atom. The molecule has 0 spiro atoms. The Labute approximate surface area is 166 Å². The molecule has 1 fully saturated rings. The first-order chi connectivity index (χ1) is 13.5. The maximum Gasteiger partial charge on any atom is 0.251 e. The fraction of sp³-hybridized carbons (Fsp3) is 0.391. The first kappa shape index (κ1) is 19.9. The molecule has 28 heavy (non-hydrogen) atoms. The zero-order chi connectivity index (χ0) is 20.1. The van der Waals surface area contributed by atoms with Crippen LogP contribution in [-0.2, 0) is 4.79 Å². The maximum absolute atomic E-state index is 12.8. The number of nitrogens with one attached hydrogen (secondary N) is 1. The van der Waals surface area contributed by atoms with Gasteiger partial charge in [0.1, 0.15) is 5.75 Å². The molecule has 0 bridgehead atoms. The molecule has 0 radical (unpaired) electrons. The van der Waals surface area contributed by atoms with E-state index in [-0.39, 0.29) is 17.9 Å². The van der Waals surface area contributed by atoms with Crippen molar-refractivity contribution in [2.24, 2.45) is 5.92 Å². The molecule has 2 aromatic carbocycles. The van der Waals surface area contributed by atoms with Gasteiger partial charge in [0.25, 0.3) is 5.91 Å². The quantitative estimate of drug-likeness (QED) is 0.777. The highest BCUT2D eigenvalue weighted by molar-refractivity contribution is 5.97. The van der Waals surface area contributed by atoms with Crippen LogP contribution in [0.4, 0.5) is 5.69 Å². The molecule has 3 rings (SSSR count). The molecule has 0 saturated carbocycles. The normalized spacial score (nSPS) is 15.0.